The fraction of sp³-hybridized carbons (Fsp3) is 0.250. The van der Waals surface area contributed by atoms with Crippen molar-refractivity contribution in [3.63, 3.8) is 0 Å². The summed E-state index contributed by atoms with van der Waals surface area (Å²) >= 11 is 1.91. The van der Waals surface area contributed by atoms with E-state index in [4.69, 9.17) is 0 Å². The van der Waals surface area contributed by atoms with Crippen LogP contribution in [-0.4, -0.2) is 8.07 Å². The monoisotopic (exact) mass is 272 g/mol. The van der Waals surface area contributed by atoms with Gasteiger partial charge in [0.05, 0.1) is 8.07 Å². The van der Waals surface area contributed by atoms with Crippen LogP contribution in [0.2, 0.25) is 19.6 Å². The van der Waals surface area contributed by atoms with Gasteiger partial charge in [-0.3, -0.25) is 0 Å². The second kappa shape index (κ2) is 5.76. The van der Waals surface area contributed by atoms with Crippen LogP contribution >= 0.6 is 11.8 Å². The second-order valence-corrected chi connectivity index (χ2v) is 11.7. The molecule has 0 N–H and O–H groups in total. The van der Waals surface area contributed by atoms with Gasteiger partial charge in [0.25, 0.3) is 0 Å². The van der Waals surface area contributed by atoms with Gasteiger partial charge in [0.1, 0.15) is 0 Å². The maximum Gasteiger partial charge on any atom is 0.0776 e. The van der Waals surface area contributed by atoms with E-state index < -0.39 is 8.07 Å². The van der Waals surface area contributed by atoms with Crippen LogP contribution in [0.4, 0.5) is 0 Å². The van der Waals surface area contributed by atoms with Crippen LogP contribution in [0.25, 0.3) is 0 Å². The predicted octanol–water partition coefficient (Wildman–Crippen LogP) is 4.52. The molecule has 94 valence electrons. The van der Waals surface area contributed by atoms with Gasteiger partial charge in [0, 0.05) is 10.6 Å². The molecule has 2 heteroatoms. The highest BCUT2D eigenvalue weighted by atomic mass is 32.2. The van der Waals surface area contributed by atoms with Gasteiger partial charge in [0.15, 0.2) is 0 Å². The summed E-state index contributed by atoms with van der Waals surface area (Å²) in [6.07, 6.45) is 0. The molecule has 0 unspecified atom stereocenters. The van der Waals surface area contributed by atoms with E-state index in [1.165, 1.54) is 10.5 Å². The Morgan fingerprint density at radius 2 is 1.61 bits per heavy atom. The Kier molecular flexibility index (Phi) is 4.30. The zero-order chi connectivity index (χ0) is 13.0. The van der Waals surface area contributed by atoms with Crippen molar-refractivity contribution in [1.82, 2.24) is 0 Å². The molecule has 2 aromatic carbocycles. The first-order valence-electron chi connectivity index (χ1n) is 6.33. The molecule has 2 aromatic rings. The lowest BCUT2D eigenvalue weighted by Crippen LogP contribution is -2.37. The third-order valence-corrected chi connectivity index (χ3v) is 6.07. The Morgan fingerprint density at radius 3 is 2.28 bits per heavy atom. The third-order valence-electron chi connectivity index (χ3n) is 2.94. The molecule has 0 aromatic heterocycles. The van der Waals surface area contributed by atoms with Crippen molar-refractivity contribution in [2.75, 3.05) is 0 Å². The number of benzene rings is 2. The second-order valence-electron chi connectivity index (χ2n) is 5.55. The fourth-order valence-corrected chi connectivity index (χ4v) is 3.89. The SMILES string of the molecule is C[Si](C)(C)c1cccc(CSc2ccccc2)c1. The van der Waals surface area contributed by atoms with Gasteiger partial charge in [-0.1, -0.05) is 67.3 Å². The summed E-state index contributed by atoms with van der Waals surface area (Å²) in [6, 6.07) is 19.7. The van der Waals surface area contributed by atoms with E-state index in [9.17, 15) is 0 Å². The van der Waals surface area contributed by atoms with E-state index in [1.807, 2.05) is 11.8 Å². The van der Waals surface area contributed by atoms with Crippen LogP contribution in [0.3, 0.4) is 0 Å². The number of thioether (sulfide) groups is 1. The zero-order valence-electron chi connectivity index (χ0n) is 11.3. The van der Waals surface area contributed by atoms with Crippen LogP contribution < -0.4 is 5.19 Å². The summed E-state index contributed by atoms with van der Waals surface area (Å²) in [4.78, 5) is 1.34. The third kappa shape index (κ3) is 3.75. The van der Waals surface area contributed by atoms with Crippen LogP contribution in [0, 0.1) is 0 Å². The number of hydrogen-bond donors (Lipinski definition) is 0. The van der Waals surface area contributed by atoms with Crippen molar-refractivity contribution in [3.05, 3.63) is 60.2 Å². The molecular weight excluding hydrogens is 252 g/mol. The van der Waals surface area contributed by atoms with E-state index in [0.717, 1.165) is 5.75 Å². The standard InChI is InChI=1S/C16H20SSi/c1-18(2,3)16-11-7-8-14(12-16)13-17-15-9-5-4-6-10-15/h4-12H,13H2,1-3H3. The van der Waals surface area contributed by atoms with Gasteiger partial charge in [-0.05, 0) is 17.7 Å². The maximum absolute atomic E-state index is 2.40. The molecule has 0 atom stereocenters. The Balaban J connectivity index is 2.06. The normalized spacial score (nSPS) is 11.5. The van der Waals surface area contributed by atoms with Crippen LogP contribution in [0.15, 0.2) is 59.5 Å². The highest BCUT2D eigenvalue weighted by Crippen LogP contribution is 2.22. The first kappa shape index (κ1) is 13.4. The van der Waals surface area contributed by atoms with Crippen LogP contribution in [-0.2, 0) is 5.75 Å². The average Bonchev–Trinajstić information content (AvgIpc) is 2.37. The minimum atomic E-state index is -1.18. The molecule has 0 saturated heterocycles. The summed E-state index contributed by atoms with van der Waals surface area (Å²) in [6.45, 7) is 7.20. The van der Waals surface area contributed by atoms with Gasteiger partial charge in [-0.15, -0.1) is 11.8 Å². The van der Waals surface area contributed by atoms with Gasteiger partial charge in [-0.2, -0.15) is 0 Å². The minimum Gasteiger partial charge on any atom is -0.121 e. The minimum absolute atomic E-state index is 1.06. The first-order chi connectivity index (χ1) is 8.55. The van der Waals surface area contributed by atoms with E-state index in [1.54, 1.807) is 5.19 Å². The van der Waals surface area contributed by atoms with Crippen LogP contribution in [0.5, 0.6) is 0 Å². The molecule has 0 nitrogen and oxygen atoms in total. The highest BCUT2D eigenvalue weighted by molar-refractivity contribution is 7.98. The molecule has 0 heterocycles. The molecule has 0 fully saturated rings. The summed E-state index contributed by atoms with van der Waals surface area (Å²) in [5, 5.41) is 1.55. The molecule has 0 spiro atoms. The van der Waals surface area contributed by atoms with Gasteiger partial charge < -0.3 is 0 Å². The topological polar surface area (TPSA) is 0 Å². The Hall–Kier alpha value is -0.993. The van der Waals surface area contributed by atoms with Crippen molar-refractivity contribution in [1.29, 1.82) is 0 Å². The van der Waals surface area contributed by atoms with Crippen molar-refractivity contribution < 1.29 is 0 Å². The molecule has 0 saturated carbocycles. The molecule has 18 heavy (non-hydrogen) atoms. The molecule has 0 amide bonds. The molecule has 0 aliphatic carbocycles. The molecule has 0 aliphatic rings. The first-order valence-corrected chi connectivity index (χ1v) is 10.8. The van der Waals surface area contributed by atoms with E-state index >= 15 is 0 Å². The molecule has 0 radical (unpaired) electrons. The summed E-state index contributed by atoms with van der Waals surface area (Å²) in [7, 11) is -1.18. The van der Waals surface area contributed by atoms with Crippen LogP contribution in [0.1, 0.15) is 5.56 Å². The lowest BCUT2D eigenvalue weighted by Gasteiger charge is -2.17. The maximum atomic E-state index is 2.40. The lowest BCUT2D eigenvalue weighted by atomic mass is 10.2. The van der Waals surface area contributed by atoms with E-state index in [0.29, 0.717) is 0 Å². The van der Waals surface area contributed by atoms with Crippen molar-refractivity contribution >= 4 is 25.0 Å². The van der Waals surface area contributed by atoms with Crippen molar-refractivity contribution in [3.8, 4) is 0 Å². The van der Waals surface area contributed by atoms with Crippen molar-refractivity contribution in [2.24, 2.45) is 0 Å². The molecule has 0 bridgehead atoms. The number of hydrogen-bond acceptors (Lipinski definition) is 1. The van der Waals surface area contributed by atoms with E-state index in [2.05, 4.69) is 74.2 Å². The Bertz CT molecular complexity index is 500. The lowest BCUT2D eigenvalue weighted by molar-refractivity contribution is 1.39. The zero-order valence-corrected chi connectivity index (χ0v) is 13.1. The quantitative estimate of drug-likeness (QED) is 0.582. The largest absolute Gasteiger partial charge is 0.121 e. The fourth-order valence-electron chi connectivity index (χ4n) is 1.81. The molecular formula is C16H20SSi. The van der Waals surface area contributed by atoms with Crippen molar-refractivity contribution in [2.45, 2.75) is 30.3 Å². The summed E-state index contributed by atoms with van der Waals surface area (Å²) in [5.41, 5.74) is 1.43. The Labute approximate surface area is 115 Å². The van der Waals surface area contributed by atoms with Gasteiger partial charge in [0.2, 0.25) is 0 Å². The predicted molar refractivity (Wildman–Crippen MR) is 85.4 cm³/mol. The number of rotatable bonds is 4. The molecule has 0 aliphatic heterocycles. The van der Waals surface area contributed by atoms with Gasteiger partial charge in [-0.25, -0.2) is 0 Å². The Morgan fingerprint density at radius 1 is 0.889 bits per heavy atom. The highest BCUT2D eigenvalue weighted by Gasteiger charge is 2.16. The summed E-state index contributed by atoms with van der Waals surface area (Å²) < 4.78 is 0. The average molecular weight is 272 g/mol. The van der Waals surface area contributed by atoms with Gasteiger partial charge >= 0.3 is 0 Å². The summed E-state index contributed by atoms with van der Waals surface area (Å²) in [5.74, 6) is 1.06. The molecule has 2 rings (SSSR count). The smallest absolute Gasteiger partial charge is 0.0776 e. The van der Waals surface area contributed by atoms with E-state index in [-0.39, 0.29) is 0 Å².